The van der Waals surface area contributed by atoms with Gasteiger partial charge in [-0.3, -0.25) is 5.43 Å². The molecule has 0 unspecified atom stereocenters. The van der Waals surface area contributed by atoms with E-state index in [1.807, 2.05) is 37.3 Å². The molecule has 2 N–H and O–H groups in total. The second-order valence-corrected chi connectivity index (χ2v) is 4.79. The molecular formula is C13H18N2O3. The van der Waals surface area contributed by atoms with Crippen molar-refractivity contribution < 1.29 is 14.6 Å². The van der Waals surface area contributed by atoms with Gasteiger partial charge in [0.15, 0.2) is 11.3 Å². The molecule has 0 saturated carbocycles. The van der Waals surface area contributed by atoms with Crippen molar-refractivity contribution in [1.82, 2.24) is 5.01 Å². The summed E-state index contributed by atoms with van der Waals surface area (Å²) in [6.45, 7) is 5.16. The minimum Gasteiger partial charge on any atom is -0.437 e. The monoisotopic (exact) mass is 250 g/mol. The molecule has 2 atom stereocenters. The predicted molar refractivity (Wildman–Crippen MR) is 67.7 cm³/mol. The SMILES string of the molecule is CC[C@@]1(C)OC(=O)N(Nc2ccccc2)[C@@]1(C)O. The number of para-hydroxylation sites is 1. The van der Waals surface area contributed by atoms with E-state index < -0.39 is 17.4 Å². The van der Waals surface area contributed by atoms with Crippen LogP contribution in [-0.4, -0.2) is 27.5 Å². The van der Waals surface area contributed by atoms with Crippen molar-refractivity contribution in [2.75, 3.05) is 5.43 Å². The first-order valence-corrected chi connectivity index (χ1v) is 5.98. The van der Waals surface area contributed by atoms with Gasteiger partial charge < -0.3 is 9.84 Å². The van der Waals surface area contributed by atoms with Crippen molar-refractivity contribution in [3.05, 3.63) is 30.3 Å². The van der Waals surface area contributed by atoms with E-state index in [1.54, 1.807) is 13.8 Å². The molecule has 0 aromatic heterocycles. The molecule has 1 saturated heterocycles. The van der Waals surface area contributed by atoms with Gasteiger partial charge in [-0.05, 0) is 32.4 Å². The standard InChI is InChI=1S/C13H18N2O3/c1-4-12(2)13(3,17)15(11(16)18-12)14-10-8-6-5-7-9-10/h5-9,14,17H,4H2,1-3H3/t12-,13+/m1/s1. The number of rotatable bonds is 3. The third kappa shape index (κ3) is 1.80. The van der Waals surface area contributed by atoms with Crippen LogP contribution in [0.15, 0.2) is 30.3 Å². The van der Waals surface area contributed by atoms with Gasteiger partial charge in [0.1, 0.15) is 0 Å². The highest BCUT2D eigenvalue weighted by molar-refractivity contribution is 5.74. The van der Waals surface area contributed by atoms with Gasteiger partial charge in [0.2, 0.25) is 0 Å². The number of amides is 1. The van der Waals surface area contributed by atoms with Crippen molar-refractivity contribution in [1.29, 1.82) is 0 Å². The van der Waals surface area contributed by atoms with Gasteiger partial charge in [0.05, 0.1) is 5.69 Å². The van der Waals surface area contributed by atoms with Crippen LogP contribution in [0.2, 0.25) is 0 Å². The van der Waals surface area contributed by atoms with E-state index in [1.165, 1.54) is 0 Å². The molecule has 1 aromatic carbocycles. The predicted octanol–water partition coefficient (Wildman–Crippen LogP) is 2.34. The van der Waals surface area contributed by atoms with Crippen molar-refractivity contribution in [2.45, 2.75) is 38.5 Å². The molecule has 1 aliphatic heterocycles. The van der Waals surface area contributed by atoms with Crippen molar-refractivity contribution >= 4 is 11.8 Å². The number of hydrazine groups is 1. The van der Waals surface area contributed by atoms with Crippen LogP contribution in [0.4, 0.5) is 10.5 Å². The van der Waals surface area contributed by atoms with Gasteiger partial charge in [-0.15, -0.1) is 0 Å². The van der Waals surface area contributed by atoms with Crippen LogP contribution in [0.3, 0.4) is 0 Å². The average molecular weight is 250 g/mol. The Labute approximate surface area is 106 Å². The zero-order valence-corrected chi connectivity index (χ0v) is 10.8. The Morgan fingerprint density at radius 2 is 1.94 bits per heavy atom. The number of aliphatic hydroxyl groups is 1. The van der Waals surface area contributed by atoms with E-state index in [2.05, 4.69) is 5.43 Å². The first kappa shape index (κ1) is 12.7. The molecular weight excluding hydrogens is 232 g/mol. The summed E-state index contributed by atoms with van der Waals surface area (Å²) in [5, 5.41) is 11.7. The Bertz CT molecular complexity index is 447. The van der Waals surface area contributed by atoms with Crippen LogP contribution in [-0.2, 0) is 4.74 Å². The summed E-state index contributed by atoms with van der Waals surface area (Å²) >= 11 is 0. The Morgan fingerprint density at radius 1 is 1.33 bits per heavy atom. The molecule has 5 nitrogen and oxygen atoms in total. The topological polar surface area (TPSA) is 61.8 Å². The molecule has 18 heavy (non-hydrogen) atoms. The molecule has 1 amide bonds. The highest BCUT2D eigenvalue weighted by Gasteiger charge is 2.59. The lowest BCUT2D eigenvalue weighted by atomic mass is 9.91. The molecule has 1 fully saturated rings. The first-order valence-electron chi connectivity index (χ1n) is 5.98. The molecule has 0 aliphatic carbocycles. The van der Waals surface area contributed by atoms with Crippen LogP contribution < -0.4 is 5.43 Å². The number of hydrogen-bond acceptors (Lipinski definition) is 4. The van der Waals surface area contributed by atoms with Crippen LogP contribution in [0, 0.1) is 0 Å². The molecule has 1 aliphatic rings. The van der Waals surface area contributed by atoms with Gasteiger partial charge >= 0.3 is 6.09 Å². The van der Waals surface area contributed by atoms with Gasteiger partial charge in [0.25, 0.3) is 0 Å². The van der Waals surface area contributed by atoms with E-state index >= 15 is 0 Å². The Kier molecular flexibility index (Phi) is 2.94. The number of benzene rings is 1. The van der Waals surface area contributed by atoms with E-state index in [0.717, 1.165) is 10.7 Å². The van der Waals surface area contributed by atoms with Crippen LogP contribution >= 0.6 is 0 Å². The first-order chi connectivity index (χ1) is 8.40. The lowest BCUT2D eigenvalue weighted by Crippen LogP contribution is -2.56. The average Bonchev–Trinajstić information content (AvgIpc) is 2.51. The minimum atomic E-state index is -1.41. The molecule has 1 heterocycles. The summed E-state index contributed by atoms with van der Waals surface area (Å²) in [5.74, 6) is 0. The molecule has 0 radical (unpaired) electrons. The van der Waals surface area contributed by atoms with Crippen molar-refractivity contribution in [3.8, 4) is 0 Å². The van der Waals surface area contributed by atoms with Crippen LogP contribution in [0.25, 0.3) is 0 Å². The Morgan fingerprint density at radius 3 is 2.44 bits per heavy atom. The number of cyclic esters (lactones) is 1. The third-order valence-electron chi connectivity index (χ3n) is 3.62. The molecule has 5 heteroatoms. The summed E-state index contributed by atoms with van der Waals surface area (Å²) < 4.78 is 5.27. The fourth-order valence-corrected chi connectivity index (χ4v) is 1.95. The maximum atomic E-state index is 11.8. The zero-order valence-electron chi connectivity index (χ0n) is 10.8. The maximum Gasteiger partial charge on any atom is 0.432 e. The second kappa shape index (κ2) is 4.17. The van der Waals surface area contributed by atoms with Crippen LogP contribution in [0.1, 0.15) is 27.2 Å². The highest BCUT2D eigenvalue weighted by Crippen LogP contribution is 2.39. The van der Waals surface area contributed by atoms with E-state index in [0.29, 0.717) is 6.42 Å². The Hall–Kier alpha value is -1.75. The normalized spacial score (nSPS) is 31.3. The highest BCUT2D eigenvalue weighted by atomic mass is 16.6. The summed E-state index contributed by atoms with van der Waals surface area (Å²) in [4.78, 5) is 11.8. The molecule has 1 aromatic rings. The van der Waals surface area contributed by atoms with Gasteiger partial charge in [-0.2, -0.15) is 5.01 Å². The third-order valence-corrected chi connectivity index (χ3v) is 3.62. The van der Waals surface area contributed by atoms with E-state index in [9.17, 15) is 9.90 Å². The minimum absolute atomic E-state index is 0.526. The fourth-order valence-electron chi connectivity index (χ4n) is 1.95. The summed E-state index contributed by atoms with van der Waals surface area (Å²) in [5.41, 5.74) is 1.26. The number of nitrogens with zero attached hydrogens (tertiary/aromatic N) is 1. The smallest absolute Gasteiger partial charge is 0.432 e. The van der Waals surface area contributed by atoms with E-state index in [4.69, 9.17) is 4.74 Å². The number of nitrogens with one attached hydrogen (secondary N) is 1. The Balaban J connectivity index is 2.26. The summed E-state index contributed by atoms with van der Waals surface area (Å²) in [6, 6.07) is 9.19. The maximum absolute atomic E-state index is 11.8. The number of carbonyl (C=O) groups is 1. The molecule has 0 spiro atoms. The number of carbonyl (C=O) groups excluding carboxylic acids is 1. The van der Waals surface area contributed by atoms with Crippen molar-refractivity contribution in [3.63, 3.8) is 0 Å². The van der Waals surface area contributed by atoms with Gasteiger partial charge in [-0.1, -0.05) is 25.1 Å². The molecule has 98 valence electrons. The molecule has 2 rings (SSSR count). The van der Waals surface area contributed by atoms with Gasteiger partial charge in [0, 0.05) is 0 Å². The van der Waals surface area contributed by atoms with E-state index in [-0.39, 0.29) is 0 Å². The number of hydrogen-bond donors (Lipinski definition) is 2. The largest absolute Gasteiger partial charge is 0.437 e. The number of anilines is 1. The quantitative estimate of drug-likeness (QED) is 0.864. The lowest BCUT2D eigenvalue weighted by Gasteiger charge is -2.36. The number of ether oxygens (including phenoxy) is 1. The summed E-state index contributed by atoms with van der Waals surface area (Å²) in [7, 11) is 0. The van der Waals surface area contributed by atoms with Crippen molar-refractivity contribution in [2.24, 2.45) is 0 Å². The second-order valence-electron chi connectivity index (χ2n) is 4.79. The summed E-state index contributed by atoms with van der Waals surface area (Å²) in [6.07, 6.45) is -0.0492. The lowest BCUT2D eigenvalue weighted by molar-refractivity contribution is -0.131. The fraction of sp³-hybridized carbons (Fsp3) is 0.462. The van der Waals surface area contributed by atoms with Crippen LogP contribution in [0.5, 0.6) is 0 Å². The molecule has 0 bridgehead atoms. The zero-order chi connectivity index (χ0) is 13.4. The van der Waals surface area contributed by atoms with Gasteiger partial charge in [-0.25, -0.2) is 4.79 Å².